The Labute approximate surface area is 161 Å². The van der Waals surface area contributed by atoms with Crippen LogP contribution in [-0.4, -0.2) is 60.6 Å². The molecule has 0 bridgehead atoms. The lowest BCUT2D eigenvalue weighted by Gasteiger charge is -2.24. The van der Waals surface area contributed by atoms with E-state index in [9.17, 15) is 22.8 Å². The maximum absolute atomic E-state index is 12.7. The van der Waals surface area contributed by atoms with E-state index in [1.165, 1.54) is 23.9 Å². The molecule has 0 aromatic heterocycles. The predicted octanol–water partition coefficient (Wildman–Crippen LogP) is 2.74. The Balaban J connectivity index is 2.01. The van der Waals surface area contributed by atoms with Crippen LogP contribution in [-0.2, 0) is 15.8 Å². The third-order valence-electron chi connectivity index (χ3n) is 4.23. The lowest BCUT2D eigenvalue weighted by molar-refractivity contribution is -0.137. The molecule has 1 N–H and O–H groups in total. The van der Waals surface area contributed by atoms with E-state index >= 15 is 0 Å². The van der Waals surface area contributed by atoms with Crippen molar-refractivity contribution in [1.29, 1.82) is 0 Å². The lowest BCUT2D eigenvalue weighted by Crippen LogP contribution is -2.36. The molecule has 1 aliphatic heterocycles. The van der Waals surface area contributed by atoms with Gasteiger partial charge in [0.2, 0.25) is 11.8 Å². The quantitative estimate of drug-likeness (QED) is 0.761. The molecule has 1 heterocycles. The van der Waals surface area contributed by atoms with E-state index in [1.54, 1.807) is 11.8 Å². The van der Waals surface area contributed by atoms with Crippen LogP contribution in [0.3, 0.4) is 0 Å². The number of thioether (sulfide) groups is 1. The van der Waals surface area contributed by atoms with Crippen LogP contribution in [0.5, 0.6) is 0 Å². The first-order valence-corrected chi connectivity index (χ1v) is 9.58. The van der Waals surface area contributed by atoms with E-state index in [4.69, 9.17) is 0 Å². The van der Waals surface area contributed by atoms with Crippen LogP contribution in [0, 0.1) is 0 Å². The molecule has 2 amide bonds. The van der Waals surface area contributed by atoms with E-state index in [1.807, 2.05) is 19.0 Å². The molecular weight excluding hydrogens is 379 g/mol. The molecule has 1 saturated heterocycles. The van der Waals surface area contributed by atoms with Crippen molar-refractivity contribution < 1.29 is 22.8 Å². The Morgan fingerprint density at radius 3 is 2.44 bits per heavy atom. The average molecular weight is 403 g/mol. The van der Waals surface area contributed by atoms with Crippen LogP contribution in [0.4, 0.5) is 13.2 Å². The van der Waals surface area contributed by atoms with E-state index in [2.05, 4.69) is 5.32 Å². The summed E-state index contributed by atoms with van der Waals surface area (Å²) >= 11 is 1.38. The molecule has 1 aromatic carbocycles. The fourth-order valence-electron chi connectivity index (χ4n) is 2.73. The Hall–Kier alpha value is -1.74. The third-order valence-corrected chi connectivity index (χ3v) is 5.63. The minimum atomic E-state index is -4.39. The molecule has 0 spiro atoms. The van der Waals surface area contributed by atoms with Gasteiger partial charge in [0.05, 0.1) is 10.8 Å². The fraction of sp³-hybridized carbons (Fsp3) is 0.556. The van der Waals surface area contributed by atoms with Crippen LogP contribution in [0.15, 0.2) is 24.3 Å². The number of nitrogens with one attached hydrogen (secondary N) is 1. The normalized spacial score (nSPS) is 20.4. The van der Waals surface area contributed by atoms with Crippen LogP contribution < -0.4 is 5.32 Å². The molecule has 2 atom stereocenters. The zero-order valence-corrected chi connectivity index (χ0v) is 16.4. The van der Waals surface area contributed by atoms with Gasteiger partial charge in [0.15, 0.2) is 0 Å². The number of rotatable bonds is 7. The second-order valence-electron chi connectivity index (χ2n) is 6.69. The number of likely N-dealkylation sites (N-methyl/N-ethyl adjacent to an activating group) is 1. The Kier molecular flexibility index (Phi) is 7.16. The summed E-state index contributed by atoms with van der Waals surface area (Å²) in [6.07, 6.45) is -4.24. The number of hydrogen-bond donors (Lipinski definition) is 1. The standard InChI is InChI=1S/C18H24F3N3O2S/c1-12-16(26)24(10-8-15(25)22-9-11-23(2)3)17(27-12)13-4-6-14(7-5-13)18(19,20)21/h4-7,12,17H,8-11H2,1-3H3,(H,22,25)/t12-,17-/m0/s1. The first-order chi connectivity index (χ1) is 12.6. The van der Waals surface area contributed by atoms with Crippen molar-refractivity contribution >= 4 is 23.6 Å². The van der Waals surface area contributed by atoms with Crippen molar-refractivity contribution in [1.82, 2.24) is 15.1 Å². The molecule has 1 fully saturated rings. The number of amides is 2. The SMILES string of the molecule is C[C@@H]1S[C@@H](c2ccc(C(F)(F)F)cc2)N(CCC(=O)NCCN(C)C)C1=O. The summed E-state index contributed by atoms with van der Waals surface area (Å²) in [5, 5.41) is 2.11. The number of alkyl halides is 3. The smallest absolute Gasteiger partial charge is 0.355 e. The monoisotopic (exact) mass is 403 g/mol. The van der Waals surface area contributed by atoms with Crippen molar-refractivity contribution in [3.63, 3.8) is 0 Å². The van der Waals surface area contributed by atoms with Gasteiger partial charge in [-0.3, -0.25) is 9.59 Å². The molecule has 2 rings (SSSR count). The summed E-state index contributed by atoms with van der Waals surface area (Å²) in [6.45, 7) is 3.24. The molecule has 0 aliphatic carbocycles. The highest BCUT2D eigenvalue weighted by Crippen LogP contribution is 2.43. The Bertz CT molecular complexity index is 665. The number of nitrogens with zero attached hydrogens (tertiary/aromatic N) is 2. The zero-order valence-electron chi connectivity index (χ0n) is 15.5. The van der Waals surface area contributed by atoms with E-state index in [0.717, 1.165) is 18.7 Å². The number of hydrogen-bond acceptors (Lipinski definition) is 4. The van der Waals surface area contributed by atoms with E-state index < -0.39 is 11.7 Å². The summed E-state index contributed by atoms with van der Waals surface area (Å²) in [4.78, 5) is 27.9. The summed E-state index contributed by atoms with van der Waals surface area (Å²) < 4.78 is 38.2. The van der Waals surface area contributed by atoms with Gasteiger partial charge in [0.1, 0.15) is 5.37 Å². The van der Waals surface area contributed by atoms with Crippen molar-refractivity contribution in [2.75, 3.05) is 33.7 Å². The third kappa shape index (κ3) is 5.87. The van der Waals surface area contributed by atoms with Gasteiger partial charge in [-0.15, -0.1) is 11.8 Å². The molecular formula is C18H24F3N3O2S. The molecule has 1 aromatic rings. The van der Waals surface area contributed by atoms with Gasteiger partial charge in [-0.2, -0.15) is 13.2 Å². The lowest BCUT2D eigenvalue weighted by atomic mass is 10.1. The fourth-order valence-corrected chi connectivity index (χ4v) is 4.04. The average Bonchev–Trinajstić information content (AvgIpc) is 2.87. The summed E-state index contributed by atoms with van der Waals surface area (Å²) in [7, 11) is 3.81. The van der Waals surface area contributed by atoms with Gasteiger partial charge >= 0.3 is 6.18 Å². The summed E-state index contributed by atoms with van der Waals surface area (Å²) in [5.41, 5.74) is -0.0980. The second-order valence-corrected chi connectivity index (χ2v) is 8.11. The molecule has 0 unspecified atom stereocenters. The Morgan fingerprint density at radius 2 is 1.89 bits per heavy atom. The van der Waals surface area contributed by atoms with Crippen LogP contribution in [0.1, 0.15) is 29.8 Å². The van der Waals surface area contributed by atoms with E-state index in [-0.39, 0.29) is 35.4 Å². The molecule has 5 nitrogen and oxygen atoms in total. The zero-order chi connectivity index (χ0) is 20.2. The molecule has 1 aliphatic rings. The molecule has 150 valence electrons. The van der Waals surface area contributed by atoms with Crippen molar-refractivity contribution in [2.45, 2.75) is 30.1 Å². The Morgan fingerprint density at radius 1 is 1.26 bits per heavy atom. The minimum absolute atomic E-state index is 0.106. The van der Waals surface area contributed by atoms with Gasteiger partial charge in [-0.05, 0) is 38.7 Å². The van der Waals surface area contributed by atoms with Gasteiger partial charge < -0.3 is 15.1 Å². The molecule has 0 radical (unpaired) electrons. The largest absolute Gasteiger partial charge is 0.416 e. The van der Waals surface area contributed by atoms with Crippen LogP contribution >= 0.6 is 11.8 Å². The van der Waals surface area contributed by atoms with Crippen molar-refractivity contribution in [3.05, 3.63) is 35.4 Å². The molecule has 0 saturated carbocycles. The highest BCUT2D eigenvalue weighted by molar-refractivity contribution is 8.01. The van der Waals surface area contributed by atoms with E-state index in [0.29, 0.717) is 12.1 Å². The maximum atomic E-state index is 12.7. The minimum Gasteiger partial charge on any atom is -0.355 e. The summed E-state index contributed by atoms with van der Waals surface area (Å²) in [5.74, 6) is -0.258. The number of benzene rings is 1. The predicted molar refractivity (Wildman–Crippen MR) is 99.1 cm³/mol. The second kappa shape index (κ2) is 8.97. The van der Waals surface area contributed by atoms with Crippen LogP contribution in [0.2, 0.25) is 0 Å². The maximum Gasteiger partial charge on any atom is 0.416 e. The first kappa shape index (κ1) is 21.6. The topological polar surface area (TPSA) is 52.7 Å². The molecule has 27 heavy (non-hydrogen) atoms. The molecule has 9 heteroatoms. The van der Waals surface area contributed by atoms with Gasteiger partial charge in [0.25, 0.3) is 0 Å². The van der Waals surface area contributed by atoms with Gasteiger partial charge in [-0.25, -0.2) is 0 Å². The highest BCUT2D eigenvalue weighted by Gasteiger charge is 2.39. The highest BCUT2D eigenvalue weighted by atomic mass is 32.2. The van der Waals surface area contributed by atoms with Gasteiger partial charge in [-0.1, -0.05) is 12.1 Å². The first-order valence-electron chi connectivity index (χ1n) is 8.64. The number of carbonyl (C=O) groups excluding carboxylic acids is 2. The van der Waals surface area contributed by atoms with Crippen molar-refractivity contribution in [3.8, 4) is 0 Å². The number of halogens is 3. The van der Waals surface area contributed by atoms with Crippen molar-refractivity contribution in [2.24, 2.45) is 0 Å². The summed E-state index contributed by atoms with van der Waals surface area (Å²) in [6, 6.07) is 4.84. The van der Waals surface area contributed by atoms with Gasteiger partial charge in [0, 0.05) is 26.1 Å². The van der Waals surface area contributed by atoms with Crippen LogP contribution in [0.25, 0.3) is 0 Å². The number of carbonyl (C=O) groups is 2.